The van der Waals surface area contributed by atoms with Crippen molar-refractivity contribution in [2.24, 2.45) is 7.05 Å². The molecule has 1 fully saturated rings. The summed E-state index contributed by atoms with van der Waals surface area (Å²) in [5.41, 5.74) is 5.61. The number of benzene rings is 1. The highest BCUT2D eigenvalue weighted by molar-refractivity contribution is 5.86. The average Bonchev–Trinajstić information content (AvgIpc) is 2.66. The molecule has 20 heavy (non-hydrogen) atoms. The van der Waals surface area contributed by atoms with Gasteiger partial charge in [-0.05, 0) is 50.6 Å². The van der Waals surface area contributed by atoms with Gasteiger partial charge in [0.05, 0.1) is 0 Å². The van der Waals surface area contributed by atoms with E-state index < -0.39 is 0 Å². The quantitative estimate of drug-likeness (QED) is 0.906. The molecular weight excluding hydrogens is 246 g/mol. The van der Waals surface area contributed by atoms with E-state index in [2.05, 4.69) is 53.9 Å². The second-order valence-corrected chi connectivity index (χ2v) is 6.02. The van der Waals surface area contributed by atoms with Crippen LogP contribution in [0.2, 0.25) is 0 Å². The summed E-state index contributed by atoms with van der Waals surface area (Å²) in [7, 11) is 2.19. The van der Waals surface area contributed by atoms with Crippen LogP contribution in [0.15, 0.2) is 18.2 Å². The first-order chi connectivity index (χ1) is 9.66. The molecule has 0 unspecified atom stereocenters. The fourth-order valence-electron chi connectivity index (χ4n) is 3.24. The SMILES string of the molecule is Cc1ccc2c(CN3CCCNCC3)c(C)n(C)c2c1. The molecule has 1 saturated heterocycles. The van der Waals surface area contributed by atoms with Crippen molar-refractivity contribution in [3.63, 3.8) is 0 Å². The Morgan fingerprint density at radius 3 is 2.85 bits per heavy atom. The van der Waals surface area contributed by atoms with Crippen LogP contribution >= 0.6 is 0 Å². The van der Waals surface area contributed by atoms with Crippen LogP contribution in [-0.4, -0.2) is 35.6 Å². The van der Waals surface area contributed by atoms with Gasteiger partial charge >= 0.3 is 0 Å². The van der Waals surface area contributed by atoms with Crippen LogP contribution < -0.4 is 5.32 Å². The molecule has 0 spiro atoms. The molecule has 0 saturated carbocycles. The third-order valence-corrected chi connectivity index (χ3v) is 4.59. The Morgan fingerprint density at radius 2 is 2.00 bits per heavy atom. The molecule has 2 aromatic rings. The van der Waals surface area contributed by atoms with Crippen molar-refractivity contribution in [2.75, 3.05) is 26.2 Å². The minimum Gasteiger partial charge on any atom is -0.348 e. The van der Waals surface area contributed by atoms with Crippen LogP contribution in [0.25, 0.3) is 10.9 Å². The minimum absolute atomic E-state index is 1.08. The number of fused-ring (bicyclic) bond motifs is 1. The third kappa shape index (κ3) is 2.48. The molecule has 3 nitrogen and oxygen atoms in total. The largest absolute Gasteiger partial charge is 0.348 e. The molecule has 1 aliphatic heterocycles. The Kier molecular flexibility index (Phi) is 3.81. The lowest BCUT2D eigenvalue weighted by Gasteiger charge is -2.19. The number of nitrogens with zero attached hydrogens (tertiary/aromatic N) is 2. The number of nitrogens with one attached hydrogen (secondary N) is 1. The number of rotatable bonds is 2. The Bertz CT molecular complexity index is 604. The molecular formula is C17H25N3. The molecule has 3 rings (SSSR count). The second-order valence-electron chi connectivity index (χ2n) is 6.02. The lowest BCUT2D eigenvalue weighted by Crippen LogP contribution is -2.27. The maximum atomic E-state index is 3.48. The van der Waals surface area contributed by atoms with Gasteiger partial charge in [0.15, 0.2) is 0 Å². The van der Waals surface area contributed by atoms with Gasteiger partial charge in [0.2, 0.25) is 0 Å². The topological polar surface area (TPSA) is 20.2 Å². The van der Waals surface area contributed by atoms with E-state index in [1.54, 1.807) is 0 Å². The zero-order valence-corrected chi connectivity index (χ0v) is 12.9. The second kappa shape index (κ2) is 5.58. The van der Waals surface area contributed by atoms with E-state index in [4.69, 9.17) is 0 Å². The Labute approximate surface area is 121 Å². The van der Waals surface area contributed by atoms with E-state index in [9.17, 15) is 0 Å². The zero-order chi connectivity index (χ0) is 14.1. The van der Waals surface area contributed by atoms with Crippen molar-refractivity contribution < 1.29 is 0 Å². The van der Waals surface area contributed by atoms with Gasteiger partial charge in [0, 0.05) is 43.3 Å². The standard InChI is InChI=1S/C17H25N3/c1-13-5-6-15-16(14(2)19(3)17(15)11-13)12-20-9-4-7-18-8-10-20/h5-6,11,18H,4,7-10,12H2,1-3H3. The smallest absolute Gasteiger partial charge is 0.0485 e. The Morgan fingerprint density at radius 1 is 1.15 bits per heavy atom. The van der Waals surface area contributed by atoms with E-state index in [0.717, 1.165) is 26.2 Å². The van der Waals surface area contributed by atoms with E-state index in [1.165, 1.54) is 40.7 Å². The molecule has 2 heterocycles. The third-order valence-electron chi connectivity index (χ3n) is 4.59. The highest BCUT2D eigenvalue weighted by Gasteiger charge is 2.16. The Hall–Kier alpha value is -1.32. The monoisotopic (exact) mass is 271 g/mol. The molecule has 108 valence electrons. The number of hydrogen-bond donors (Lipinski definition) is 1. The molecule has 1 aromatic heterocycles. The van der Waals surface area contributed by atoms with Crippen molar-refractivity contribution in [1.29, 1.82) is 0 Å². The van der Waals surface area contributed by atoms with Gasteiger partial charge < -0.3 is 9.88 Å². The molecule has 1 aliphatic rings. The molecule has 0 radical (unpaired) electrons. The van der Waals surface area contributed by atoms with Gasteiger partial charge in [-0.15, -0.1) is 0 Å². The predicted octanol–water partition coefficient (Wildman–Crippen LogP) is 2.59. The lowest BCUT2D eigenvalue weighted by atomic mass is 10.1. The number of aryl methyl sites for hydroxylation is 2. The average molecular weight is 271 g/mol. The van der Waals surface area contributed by atoms with Crippen molar-refractivity contribution in [2.45, 2.75) is 26.8 Å². The van der Waals surface area contributed by atoms with Gasteiger partial charge in [-0.1, -0.05) is 12.1 Å². The van der Waals surface area contributed by atoms with E-state index in [0.29, 0.717) is 0 Å². The summed E-state index contributed by atoms with van der Waals surface area (Å²) in [5.74, 6) is 0. The lowest BCUT2D eigenvalue weighted by molar-refractivity contribution is 0.284. The van der Waals surface area contributed by atoms with Gasteiger partial charge in [0.25, 0.3) is 0 Å². The summed E-state index contributed by atoms with van der Waals surface area (Å²) in [4.78, 5) is 2.58. The number of aromatic nitrogens is 1. The van der Waals surface area contributed by atoms with Crippen LogP contribution in [0, 0.1) is 13.8 Å². The van der Waals surface area contributed by atoms with Crippen LogP contribution in [-0.2, 0) is 13.6 Å². The van der Waals surface area contributed by atoms with Crippen molar-refractivity contribution in [1.82, 2.24) is 14.8 Å². The predicted molar refractivity (Wildman–Crippen MR) is 85.2 cm³/mol. The minimum atomic E-state index is 1.08. The molecule has 1 N–H and O–H groups in total. The number of hydrogen-bond acceptors (Lipinski definition) is 2. The van der Waals surface area contributed by atoms with E-state index in [1.807, 2.05) is 0 Å². The van der Waals surface area contributed by atoms with Crippen LogP contribution in [0.1, 0.15) is 23.2 Å². The van der Waals surface area contributed by atoms with Crippen molar-refractivity contribution >= 4 is 10.9 Å². The van der Waals surface area contributed by atoms with Crippen molar-refractivity contribution in [3.05, 3.63) is 35.0 Å². The van der Waals surface area contributed by atoms with Gasteiger partial charge in [-0.25, -0.2) is 0 Å². The Balaban J connectivity index is 1.96. The fraction of sp³-hybridized carbons (Fsp3) is 0.529. The summed E-state index contributed by atoms with van der Waals surface area (Å²) >= 11 is 0. The summed E-state index contributed by atoms with van der Waals surface area (Å²) in [6.45, 7) is 10.1. The molecule has 3 heteroatoms. The fourth-order valence-corrected chi connectivity index (χ4v) is 3.24. The summed E-state index contributed by atoms with van der Waals surface area (Å²) in [6.07, 6.45) is 1.25. The van der Waals surface area contributed by atoms with Gasteiger partial charge in [0.1, 0.15) is 0 Å². The van der Waals surface area contributed by atoms with Gasteiger partial charge in [-0.2, -0.15) is 0 Å². The summed E-state index contributed by atoms with van der Waals surface area (Å²) in [6, 6.07) is 6.83. The first-order valence-corrected chi connectivity index (χ1v) is 7.64. The maximum Gasteiger partial charge on any atom is 0.0485 e. The highest BCUT2D eigenvalue weighted by atomic mass is 15.2. The maximum absolute atomic E-state index is 3.48. The van der Waals surface area contributed by atoms with E-state index >= 15 is 0 Å². The first kappa shape index (κ1) is 13.7. The van der Waals surface area contributed by atoms with Crippen molar-refractivity contribution in [3.8, 4) is 0 Å². The summed E-state index contributed by atoms with van der Waals surface area (Å²) < 4.78 is 2.34. The van der Waals surface area contributed by atoms with Crippen LogP contribution in [0.5, 0.6) is 0 Å². The van der Waals surface area contributed by atoms with E-state index in [-0.39, 0.29) is 0 Å². The summed E-state index contributed by atoms with van der Waals surface area (Å²) in [5, 5.41) is 4.90. The molecule has 0 amide bonds. The zero-order valence-electron chi connectivity index (χ0n) is 12.9. The molecule has 0 aliphatic carbocycles. The van der Waals surface area contributed by atoms with Gasteiger partial charge in [-0.3, -0.25) is 4.90 Å². The highest BCUT2D eigenvalue weighted by Crippen LogP contribution is 2.27. The molecule has 0 atom stereocenters. The van der Waals surface area contributed by atoms with Crippen LogP contribution in [0.3, 0.4) is 0 Å². The van der Waals surface area contributed by atoms with Crippen LogP contribution in [0.4, 0.5) is 0 Å². The molecule has 1 aromatic carbocycles. The normalized spacial score (nSPS) is 17.6. The molecule has 0 bridgehead atoms. The first-order valence-electron chi connectivity index (χ1n) is 7.64.